The molecule has 2 amide bonds. The van der Waals surface area contributed by atoms with Gasteiger partial charge >= 0.3 is 0 Å². The Bertz CT molecular complexity index is 1660. The Labute approximate surface area is 241 Å². The van der Waals surface area contributed by atoms with Crippen LogP contribution in [0.3, 0.4) is 0 Å². The molecule has 2 aliphatic rings. The first-order chi connectivity index (χ1) is 19.9. The predicted octanol–water partition coefficient (Wildman–Crippen LogP) is 4.77. The summed E-state index contributed by atoms with van der Waals surface area (Å²) in [4.78, 5) is 47.2. The Balaban J connectivity index is 1.22. The molecule has 1 aliphatic carbocycles. The molecule has 4 aromatic rings. The summed E-state index contributed by atoms with van der Waals surface area (Å²) in [5.74, 6) is 0.0108. The van der Waals surface area contributed by atoms with E-state index in [2.05, 4.69) is 15.6 Å². The van der Waals surface area contributed by atoms with Crippen molar-refractivity contribution >= 4 is 40.3 Å². The van der Waals surface area contributed by atoms with Gasteiger partial charge in [-0.15, -0.1) is 11.3 Å². The molecule has 9 nitrogen and oxygen atoms in total. The quantitative estimate of drug-likeness (QED) is 0.347. The fourth-order valence-electron chi connectivity index (χ4n) is 5.27. The average molecular weight is 570 g/mol. The van der Waals surface area contributed by atoms with Gasteiger partial charge in [-0.05, 0) is 73.7 Å². The number of fused-ring (bicyclic) bond motifs is 1. The molecule has 41 heavy (non-hydrogen) atoms. The maximum Gasteiger partial charge on any atom is 0.293 e. The van der Waals surface area contributed by atoms with E-state index in [9.17, 15) is 14.4 Å². The Hall–Kier alpha value is -4.28. The largest absolute Gasteiger partial charge is 0.378 e. The van der Waals surface area contributed by atoms with Crippen LogP contribution in [-0.4, -0.2) is 52.6 Å². The van der Waals surface area contributed by atoms with E-state index in [0.29, 0.717) is 48.9 Å². The number of nitrogens with zero attached hydrogens (tertiary/aromatic N) is 3. The van der Waals surface area contributed by atoms with Gasteiger partial charge in [-0.25, -0.2) is 4.98 Å². The van der Waals surface area contributed by atoms with E-state index >= 15 is 0 Å². The monoisotopic (exact) mass is 569 g/mol. The summed E-state index contributed by atoms with van der Waals surface area (Å²) in [7, 11) is 1.68. The van der Waals surface area contributed by atoms with Gasteiger partial charge < -0.3 is 24.8 Å². The molecule has 0 saturated carbocycles. The van der Waals surface area contributed by atoms with Crippen LogP contribution in [0, 0.1) is 6.92 Å². The third-order valence-corrected chi connectivity index (χ3v) is 8.83. The second kappa shape index (κ2) is 11.3. The van der Waals surface area contributed by atoms with Crippen LogP contribution < -0.4 is 16.2 Å². The smallest absolute Gasteiger partial charge is 0.293 e. The third kappa shape index (κ3) is 5.53. The van der Waals surface area contributed by atoms with Crippen molar-refractivity contribution in [1.82, 2.24) is 14.5 Å². The first-order valence-electron chi connectivity index (χ1n) is 13.7. The zero-order chi connectivity index (χ0) is 28.5. The fourth-order valence-corrected chi connectivity index (χ4v) is 6.42. The van der Waals surface area contributed by atoms with E-state index in [1.807, 2.05) is 31.2 Å². The zero-order valence-electron chi connectivity index (χ0n) is 23.0. The number of nitrogens with one attached hydrogen (secondary N) is 2. The van der Waals surface area contributed by atoms with Crippen LogP contribution in [0.4, 0.5) is 17.2 Å². The van der Waals surface area contributed by atoms with Gasteiger partial charge in [0, 0.05) is 53.7 Å². The minimum Gasteiger partial charge on any atom is -0.378 e. The van der Waals surface area contributed by atoms with Crippen LogP contribution in [0.2, 0.25) is 0 Å². The summed E-state index contributed by atoms with van der Waals surface area (Å²) < 4.78 is 6.82. The molecule has 0 unspecified atom stereocenters. The molecule has 3 heterocycles. The molecule has 0 bridgehead atoms. The Kier molecular flexibility index (Phi) is 7.42. The van der Waals surface area contributed by atoms with Crippen LogP contribution >= 0.6 is 11.3 Å². The molecule has 2 aromatic carbocycles. The molecule has 6 rings (SSSR count). The number of amides is 2. The highest BCUT2D eigenvalue weighted by Gasteiger charge is 2.21. The SMILES string of the molecule is Cc1c(NC(=O)c2cc3c(s2)CCC3)cccc1-c1cn(C)c(=O)c(Nc2ccc(C(=O)N3CCOCC3)cc2)n1. The normalized spacial score (nSPS) is 14.5. The molecule has 210 valence electrons. The lowest BCUT2D eigenvalue weighted by molar-refractivity contribution is 0.0303. The van der Waals surface area contributed by atoms with Gasteiger partial charge in [0.15, 0.2) is 5.82 Å². The summed E-state index contributed by atoms with van der Waals surface area (Å²) in [5.41, 5.74) is 5.19. The fraction of sp³-hybridized carbons (Fsp3) is 0.290. The Morgan fingerprint density at radius 3 is 2.59 bits per heavy atom. The molecular formula is C31H31N5O4S. The highest BCUT2D eigenvalue weighted by Crippen LogP contribution is 2.32. The number of aryl methyl sites for hydroxylation is 3. The second-order valence-corrected chi connectivity index (χ2v) is 11.5. The molecule has 2 N–H and O–H groups in total. The van der Waals surface area contributed by atoms with Crippen LogP contribution in [0.25, 0.3) is 11.3 Å². The van der Waals surface area contributed by atoms with E-state index in [-0.39, 0.29) is 23.2 Å². The number of hydrogen-bond donors (Lipinski definition) is 2. The maximum atomic E-state index is 13.0. The molecular weight excluding hydrogens is 538 g/mol. The minimum atomic E-state index is -0.282. The molecule has 0 radical (unpaired) electrons. The lowest BCUT2D eigenvalue weighted by Crippen LogP contribution is -2.40. The number of anilines is 3. The van der Waals surface area contributed by atoms with Crippen LogP contribution in [-0.2, 0) is 24.6 Å². The lowest BCUT2D eigenvalue weighted by atomic mass is 10.0. The molecule has 1 fully saturated rings. The zero-order valence-corrected chi connectivity index (χ0v) is 23.8. The molecule has 0 spiro atoms. The standard InChI is InChI=1S/C31H31N5O4S/c1-19-23(6-4-7-24(19)34-29(37)27-17-21-5-3-8-26(21)41-27)25-18-35(2)31(39)28(33-25)32-22-11-9-20(10-12-22)30(38)36-13-15-40-16-14-36/h4,6-7,9-12,17-18H,3,5,8,13-16H2,1-2H3,(H,32,33)(H,34,37). The average Bonchev–Trinajstić information content (AvgIpc) is 3.60. The highest BCUT2D eigenvalue weighted by molar-refractivity contribution is 7.14. The van der Waals surface area contributed by atoms with Gasteiger partial charge in [0.25, 0.3) is 17.4 Å². The first-order valence-corrected chi connectivity index (χ1v) is 14.5. The van der Waals surface area contributed by atoms with Crippen LogP contribution in [0.5, 0.6) is 0 Å². The summed E-state index contributed by atoms with van der Waals surface area (Å²) in [6.45, 7) is 4.17. The van der Waals surface area contributed by atoms with Gasteiger partial charge in [0.1, 0.15) is 0 Å². The number of morpholine rings is 1. The third-order valence-electron chi connectivity index (χ3n) is 7.59. The lowest BCUT2D eigenvalue weighted by Gasteiger charge is -2.26. The van der Waals surface area contributed by atoms with Gasteiger partial charge in [0.05, 0.1) is 23.8 Å². The van der Waals surface area contributed by atoms with E-state index < -0.39 is 0 Å². The minimum absolute atomic E-state index is 0.0403. The number of thiophene rings is 1. The summed E-state index contributed by atoms with van der Waals surface area (Å²) in [6, 6.07) is 14.7. The number of carbonyl (C=O) groups is 2. The summed E-state index contributed by atoms with van der Waals surface area (Å²) in [5, 5.41) is 6.18. The number of aromatic nitrogens is 2. The van der Waals surface area contributed by atoms with Crippen molar-refractivity contribution in [1.29, 1.82) is 0 Å². The van der Waals surface area contributed by atoms with Gasteiger partial charge in [-0.3, -0.25) is 14.4 Å². The number of ether oxygens (including phenoxy) is 1. The van der Waals surface area contributed by atoms with Crippen LogP contribution in [0.15, 0.2) is 59.5 Å². The van der Waals surface area contributed by atoms with Gasteiger partial charge in [0.2, 0.25) is 0 Å². The topological polar surface area (TPSA) is 106 Å². The van der Waals surface area contributed by atoms with Crippen molar-refractivity contribution in [3.8, 4) is 11.3 Å². The Morgan fingerprint density at radius 1 is 1.05 bits per heavy atom. The van der Waals surface area contributed by atoms with Crippen LogP contribution in [0.1, 0.15) is 42.5 Å². The highest BCUT2D eigenvalue weighted by atomic mass is 32.1. The first kappa shape index (κ1) is 26.9. The van der Waals surface area contributed by atoms with Gasteiger partial charge in [-0.1, -0.05) is 12.1 Å². The predicted molar refractivity (Wildman–Crippen MR) is 160 cm³/mol. The van der Waals surface area contributed by atoms with Crippen molar-refractivity contribution in [2.24, 2.45) is 7.05 Å². The molecule has 0 atom stereocenters. The second-order valence-electron chi connectivity index (χ2n) is 10.3. The maximum absolute atomic E-state index is 13.0. The summed E-state index contributed by atoms with van der Waals surface area (Å²) in [6.07, 6.45) is 4.94. The van der Waals surface area contributed by atoms with Crippen molar-refractivity contribution in [3.05, 3.63) is 91.5 Å². The number of rotatable bonds is 6. The molecule has 10 heteroatoms. The van der Waals surface area contributed by atoms with E-state index in [4.69, 9.17) is 4.74 Å². The number of carbonyl (C=O) groups excluding carboxylic acids is 2. The van der Waals surface area contributed by atoms with Crippen molar-refractivity contribution in [2.75, 3.05) is 36.9 Å². The van der Waals surface area contributed by atoms with Crippen molar-refractivity contribution in [2.45, 2.75) is 26.2 Å². The van der Waals surface area contributed by atoms with Crippen molar-refractivity contribution in [3.63, 3.8) is 0 Å². The Morgan fingerprint density at radius 2 is 1.83 bits per heavy atom. The number of hydrogen-bond acceptors (Lipinski definition) is 7. The molecule has 2 aromatic heterocycles. The number of benzene rings is 2. The summed E-state index contributed by atoms with van der Waals surface area (Å²) >= 11 is 1.57. The molecule has 1 aliphatic heterocycles. The molecule has 1 saturated heterocycles. The van der Waals surface area contributed by atoms with E-state index in [1.54, 1.807) is 53.7 Å². The van der Waals surface area contributed by atoms with E-state index in [1.165, 1.54) is 15.0 Å². The van der Waals surface area contributed by atoms with Crippen molar-refractivity contribution < 1.29 is 14.3 Å². The van der Waals surface area contributed by atoms with E-state index in [0.717, 1.165) is 35.3 Å². The van der Waals surface area contributed by atoms with Gasteiger partial charge in [-0.2, -0.15) is 0 Å².